The van der Waals surface area contributed by atoms with Crippen molar-refractivity contribution < 1.29 is 22.8 Å². The Balaban J connectivity index is 0. The summed E-state index contributed by atoms with van der Waals surface area (Å²) in [4.78, 5) is 23.6. The second-order valence-electron chi connectivity index (χ2n) is 6.16. The first-order valence-corrected chi connectivity index (χ1v) is 9.68. The molecule has 0 unspecified atom stereocenters. The summed E-state index contributed by atoms with van der Waals surface area (Å²) >= 11 is 0. The molecule has 178 valence electrons. The van der Waals surface area contributed by atoms with Crippen LogP contribution in [0, 0.1) is 0 Å². The second kappa shape index (κ2) is 17.4. The Morgan fingerprint density at radius 3 is 2.31 bits per heavy atom. The van der Waals surface area contributed by atoms with Gasteiger partial charge in [0.1, 0.15) is 0 Å². The van der Waals surface area contributed by atoms with Crippen LogP contribution >= 0.6 is 0 Å². The molecule has 32 heavy (non-hydrogen) atoms. The standard InChI is InChI=1S/C16H18F3N3O2.C4H9N.C3H6/c1-11(16(17,18)19)6-14(10-23)22(2)13-5-3-4-12(7-13)9-21-15(24)8-20;1-2-3-4-5;1-3-2/h3-7,10H,1,8-9,20H2,2H3,(H,21,24);3-4H,2,5H2,1H3;3H,1H2,2H3/b14-6-;4-3+;. The molecule has 0 aromatic heterocycles. The van der Waals surface area contributed by atoms with Gasteiger partial charge >= 0.3 is 6.18 Å². The van der Waals surface area contributed by atoms with Gasteiger partial charge in [-0.3, -0.25) is 9.59 Å². The van der Waals surface area contributed by atoms with Crippen molar-refractivity contribution >= 4 is 17.9 Å². The highest BCUT2D eigenvalue weighted by Gasteiger charge is 2.31. The number of carbonyl (C=O) groups excluding carboxylic acids is 2. The Labute approximate surface area is 188 Å². The molecule has 0 aliphatic rings. The normalized spacial score (nSPS) is 10.8. The number of alkyl halides is 3. The number of likely N-dealkylation sites (N-methyl/N-ethyl adjacent to an activating group) is 1. The minimum Gasteiger partial charge on any atom is -0.405 e. The van der Waals surface area contributed by atoms with Crippen LogP contribution in [0.2, 0.25) is 0 Å². The van der Waals surface area contributed by atoms with Crippen LogP contribution in [-0.4, -0.2) is 32.0 Å². The third kappa shape index (κ3) is 13.8. The first-order chi connectivity index (χ1) is 15.0. The fourth-order valence-electron chi connectivity index (χ4n) is 1.90. The number of carbonyl (C=O) groups is 2. The summed E-state index contributed by atoms with van der Waals surface area (Å²) in [5.74, 6) is -0.330. The molecule has 0 bridgehead atoms. The van der Waals surface area contributed by atoms with Gasteiger partial charge in [0.15, 0.2) is 6.29 Å². The summed E-state index contributed by atoms with van der Waals surface area (Å²) in [5.41, 5.74) is 10.0. The Bertz CT molecular complexity index is 788. The fraction of sp³-hybridized carbons (Fsp3) is 0.304. The van der Waals surface area contributed by atoms with E-state index in [-0.39, 0.29) is 24.7 Å². The molecular weight excluding hydrogens is 421 g/mol. The molecule has 1 rings (SSSR count). The molecule has 0 aliphatic heterocycles. The number of hydrogen-bond acceptors (Lipinski definition) is 5. The minimum atomic E-state index is -4.61. The topological polar surface area (TPSA) is 101 Å². The van der Waals surface area contributed by atoms with Gasteiger partial charge in [-0.1, -0.05) is 37.8 Å². The van der Waals surface area contributed by atoms with Gasteiger partial charge in [-0.15, -0.1) is 6.58 Å². The Hall–Kier alpha value is -3.33. The number of anilines is 1. The number of rotatable bonds is 8. The van der Waals surface area contributed by atoms with Crippen molar-refractivity contribution in [1.29, 1.82) is 0 Å². The Kier molecular flexibility index (Phi) is 16.7. The number of allylic oxidation sites excluding steroid dienone is 5. The van der Waals surface area contributed by atoms with Crippen LogP contribution in [0.3, 0.4) is 0 Å². The summed E-state index contributed by atoms with van der Waals surface area (Å²) in [7, 11) is 1.46. The Morgan fingerprint density at radius 2 is 1.91 bits per heavy atom. The van der Waals surface area contributed by atoms with Crippen molar-refractivity contribution in [1.82, 2.24) is 5.32 Å². The summed E-state index contributed by atoms with van der Waals surface area (Å²) < 4.78 is 37.7. The van der Waals surface area contributed by atoms with Crippen LogP contribution in [0.1, 0.15) is 25.8 Å². The molecule has 6 nitrogen and oxygen atoms in total. The van der Waals surface area contributed by atoms with Crippen LogP contribution in [0.15, 0.2) is 73.1 Å². The number of benzene rings is 1. The van der Waals surface area contributed by atoms with E-state index < -0.39 is 11.7 Å². The number of aldehydes is 1. The molecule has 1 amide bonds. The number of nitrogens with zero attached hydrogens (tertiary/aromatic N) is 1. The van der Waals surface area contributed by atoms with E-state index in [1.807, 2.05) is 19.9 Å². The lowest BCUT2D eigenvalue weighted by Crippen LogP contribution is -2.29. The molecular formula is C23H33F3N4O2. The third-order valence-electron chi connectivity index (χ3n) is 3.54. The molecule has 1 aromatic rings. The number of halogens is 3. The highest BCUT2D eigenvalue weighted by atomic mass is 19.4. The van der Waals surface area contributed by atoms with Crippen LogP contribution in [0.5, 0.6) is 0 Å². The average molecular weight is 455 g/mol. The van der Waals surface area contributed by atoms with Crippen LogP contribution in [0.25, 0.3) is 0 Å². The fourth-order valence-corrected chi connectivity index (χ4v) is 1.90. The average Bonchev–Trinajstić information content (AvgIpc) is 2.76. The maximum absolute atomic E-state index is 12.6. The number of nitrogens with two attached hydrogens (primary N) is 2. The molecule has 1 aromatic carbocycles. The summed E-state index contributed by atoms with van der Waals surface area (Å²) in [6.45, 7) is 10.3. The van der Waals surface area contributed by atoms with E-state index in [2.05, 4.69) is 18.5 Å². The zero-order valence-corrected chi connectivity index (χ0v) is 18.8. The van der Waals surface area contributed by atoms with Gasteiger partial charge in [-0.05, 0) is 43.3 Å². The first kappa shape index (κ1) is 30.9. The van der Waals surface area contributed by atoms with Gasteiger partial charge in [0, 0.05) is 19.3 Å². The summed E-state index contributed by atoms with van der Waals surface area (Å²) in [5, 5.41) is 2.58. The van der Waals surface area contributed by atoms with E-state index in [0.29, 0.717) is 23.6 Å². The van der Waals surface area contributed by atoms with Gasteiger partial charge in [0.05, 0.1) is 17.8 Å². The van der Waals surface area contributed by atoms with E-state index in [0.717, 1.165) is 6.42 Å². The quantitative estimate of drug-likeness (QED) is 0.239. The molecule has 0 atom stereocenters. The van der Waals surface area contributed by atoms with Crippen LogP contribution < -0.4 is 21.7 Å². The predicted octanol–water partition coefficient (Wildman–Crippen LogP) is 3.96. The maximum Gasteiger partial charge on any atom is 0.415 e. The van der Waals surface area contributed by atoms with E-state index in [1.54, 1.807) is 36.5 Å². The molecule has 0 saturated carbocycles. The van der Waals surface area contributed by atoms with E-state index in [4.69, 9.17) is 11.5 Å². The molecule has 0 radical (unpaired) electrons. The van der Waals surface area contributed by atoms with E-state index in [1.165, 1.54) is 11.9 Å². The Morgan fingerprint density at radius 1 is 1.31 bits per heavy atom. The lowest BCUT2D eigenvalue weighted by atomic mass is 10.1. The highest BCUT2D eigenvalue weighted by Crippen LogP contribution is 2.27. The largest absolute Gasteiger partial charge is 0.415 e. The second-order valence-corrected chi connectivity index (χ2v) is 6.16. The summed E-state index contributed by atoms with van der Waals surface area (Å²) in [6.07, 6.45) is 2.63. The lowest BCUT2D eigenvalue weighted by Gasteiger charge is -2.20. The van der Waals surface area contributed by atoms with E-state index >= 15 is 0 Å². The van der Waals surface area contributed by atoms with Crippen molar-refractivity contribution in [2.75, 3.05) is 18.5 Å². The van der Waals surface area contributed by atoms with Crippen LogP contribution in [0.4, 0.5) is 18.9 Å². The number of nitrogens with one attached hydrogen (secondary N) is 1. The molecule has 0 fully saturated rings. The molecule has 0 heterocycles. The molecule has 9 heteroatoms. The zero-order chi connectivity index (χ0) is 25.2. The van der Waals surface area contributed by atoms with Gasteiger partial charge < -0.3 is 21.7 Å². The smallest absolute Gasteiger partial charge is 0.405 e. The van der Waals surface area contributed by atoms with Crippen molar-refractivity contribution in [3.63, 3.8) is 0 Å². The lowest BCUT2D eigenvalue weighted by molar-refractivity contribution is -0.119. The van der Waals surface area contributed by atoms with Gasteiger partial charge in [-0.25, -0.2) is 0 Å². The van der Waals surface area contributed by atoms with Gasteiger partial charge in [0.2, 0.25) is 5.91 Å². The third-order valence-corrected chi connectivity index (χ3v) is 3.54. The molecule has 5 N–H and O–H groups in total. The number of amides is 1. The minimum absolute atomic E-state index is 0.142. The first-order valence-electron chi connectivity index (χ1n) is 9.68. The SMILES string of the molecule is C=C(/C=C(/C=O)N(C)c1cccc(CNC(=O)CN)c1)C(F)(F)F.C=CC.CC/C=C/N. The van der Waals surface area contributed by atoms with E-state index in [9.17, 15) is 22.8 Å². The number of hydrogen-bond donors (Lipinski definition) is 3. The van der Waals surface area contributed by atoms with Crippen molar-refractivity contribution in [3.8, 4) is 0 Å². The van der Waals surface area contributed by atoms with Crippen molar-refractivity contribution in [2.45, 2.75) is 33.0 Å². The predicted molar refractivity (Wildman–Crippen MR) is 125 cm³/mol. The monoisotopic (exact) mass is 454 g/mol. The highest BCUT2D eigenvalue weighted by molar-refractivity contribution is 5.81. The van der Waals surface area contributed by atoms with Gasteiger partial charge in [0.25, 0.3) is 0 Å². The molecule has 0 spiro atoms. The van der Waals surface area contributed by atoms with Crippen molar-refractivity contribution in [3.05, 3.63) is 78.7 Å². The van der Waals surface area contributed by atoms with Crippen LogP contribution in [-0.2, 0) is 16.1 Å². The van der Waals surface area contributed by atoms with Gasteiger partial charge in [-0.2, -0.15) is 13.2 Å². The van der Waals surface area contributed by atoms with Crippen molar-refractivity contribution in [2.24, 2.45) is 11.5 Å². The maximum atomic E-state index is 12.6. The molecule has 0 saturated heterocycles. The summed E-state index contributed by atoms with van der Waals surface area (Å²) in [6, 6.07) is 6.66. The zero-order valence-electron chi connectivity index (χ0n) is 18.8. The molecule has 0 aliphatic carbocycles.